The van der Waals surface area contributed by atoms with E-state index in [0.29, 0.717) is 37.6 Å². The lowest BCUT2D eigenvalue weighted by molar-refractivity contribution is 0.273. The second kappa shape index (κ2) is 7.23. The van der Waals surface area contributed by atoms with Crippen molar-refractivity contribution in [2.45, 2.75) is 19.8 Å². The third-order valence-electron chi connectivity index (χ3n) is 2.23. The zero-order chi connectivity index (χ0) is 13.4. The summed E-state index contributed by atoms with van der Waals surface area (Å²) in [5.74, 6) is 1.37. The molecule has 5 nitrogen and oxygen atoms in total. The lowest BCUT2D eigenvalue weighted by Crippen LogP contribution is -2.16. The van der Waals surface area contributed by atoms with Crippen molar-refractivity contribution in [1.29, 1.82) is 0 Å². The van der Waals surface area contributed by atoms with Gasteiger partial charge in [-0.05, 0) is 31.9 Å². The second-order valence-corrected chi connectivity index (χ2v) is 5.54. The number of para-hydroxylation sites is 2. The molecule has 0 heterocycles. The van der Waals surface area contributed by atoms with Crippen LogP contribution in [0, 0.1) is 0 Å². The molecular formula is C12H19NO4S. The highest BCUT2D eigenvalue weighted by Gasteiger charge is 2.04. The predicted octanol–water partition coefficient (Wildman–Crippen LogP) is 1.53. The molecule has 0 saturated heterocycles. The molecule has 0 bridgehead atoms. The Labute approximate surface area is 108 Å². The van der Waals surface area contributed by atoms with Gasteiger partial charge in [-0.15, -0.1) is 0 Å². The molecular weight excluding hydrogens is 254 g/mol. The van der Waals surface area contributed by atoms with Crippen molar-refractivity contribution in [1.82, 2.24) is 0 Å². The number of ether oxygens (including phenoxy) is 2. The van der Waals surface area contributed by atoms with Crippen molar-refractivity contribution in [3.63, 3.8) is 0 Å². The van der Waals surface area contributed by atoms with Crippen LogP contribution in [0.25, 0.3) is 0 Å². The summed E-state index contributed by atoms with van der Waals surface area (Å²) in [5.41, 5.74) is 0. The van der Waals surface area contributed by atoms with Crippen LogP contribution in [0.3, 0.4) is 0 Å². The molecule has 0 unspecified atom stereocenters. The molecule has 1 aromatic rings. The molecule has 0 fully saturated rings. The first-order valence-electron chi connectivity index (χ1n) is 5.88. The van der Waals surface area contributed by atoms with E-state index in [4.69, 9.17) is 14.6 Å². The van der Waals surface area contributed by atoms with Gasteiger partial charge in [0, 0.05) is 0 Å². The van der Waals surface area contributed by atoms with Gasteiger partial charge in [-0.3, -0.25) is 0 Å². The van der Waals surface area contributed by atoms with Gasteiger partial charge in [-0.2, -0.15) is 0 Å². The summed E-state index contributed by atoms with van der Waals surface area (Å²) in [6.45, 7) is 2.92. The maximum absolute atomic E-state index is 10.7. The van der Waals surface area contributed by atoms with Crippen LogP contribution in [-0.4, -0.2) is 27.4 Å². The van der Waals surface area contributed by atoms with Crippen LogP contribution in [-0.2, 0) is 10.0 Å². The van der Waals surface area contributed by atoms with Crippen LogP contribution in [0.2, 0.25) is 0 Å². The summed E-state index contributed by atoms with van der Waals surface area (Å²) in [6.07, 6.45) is 1.13. The van der Waals surface area contributed by atoms with Gasteiger partial charge in [-0.1, -0.05) is 12.1 Å². The highest BCUT2D eigenvalue weighted by Crippen LogP contribution is 2.26. The monoisotopic (exact) mass is 273 g/mol. The average Bonchev–Trinajstić information content (AvgIpc) is 2.29. The van der Waals surface area contributed by atoms with E-state index in [0.717, 1.165) is 0 Å². The fourth-order valence-electron chi connectivity index (χ4n) is 1.43. The van der Waals surface area contributed by atoms with E-state index in [1.54, 1.807) is 0 Å². The van der Waals surface area contributed by atoms with Crippen LogP contribution in [0.1, 0.15) is 19.8 Å². The molecule has 0 radical (unpaired) electrons. The highest BCUT2D eigenvalue weighted by atomic mass is 32.2. The van der Waals surface area contributed by atoms with Gasteiger partial charge in [-0.25, -0.2) is 13.6 Å². The fourth-order valence-corrected chi connectivity index (χ4v) is 2.04. The molecule has 0 saturated carbocycles. The smallest absolute Gasteiger partial charge is 0.209 e. The van der Waals surface area contributed by atoms with Gasteiger partial charge in [0.15, 0.2) is 11.5 Å². The zero-order valence-electron chi connectivity index (χ0n) is 10.5. The van der Waals surface area contributed by atoms with Crippen LogP contribution < -0.4 is 14.6 Å². The Balaban J connectivity index is 2.35. The SMILES string of the molecule is CCOc1ccccc1OCCCCS(N)(=O)=O. The molecule has 0 aliphatic carbocycles. The van der Waals surface area contributed by atoms with E-state index in [9.17, 15) is 8.42 Å². The molecule has 0 aromatic heterocycles. The summed E-state index contributed by atoms with van der Waals surface area (Å²) in [7, 11) is -3.37. The summed E-state index contributed by atoms with van der Waals surface area (Å²) in [4.78, 5) is 0. The lowest BCUT2D eigenvalue weighted by atomic mass is 10.3. The van der Waals surface area contributed by atoms with Crippen molar-refractivity contribution >= 4 is 10.0 Å². The maximum Gasteiger partial charge on any atom is 0.209 e. The topological polar surface area (TPSA) is 78.6 Å². The number of nitrogens with two attached hydrogens (primary N) is 1. The molecule has 2 N–H and O–H groups in total. The van der Waals surface area contributed by atoms with Gasteiger partial charge in [0.25, 0.3) is 0 Å². The maximum atomic E-state index is 10.7. The van der Waals surface area contributed by atoms with E-state index in [2.05, 4.69) is 0 Å². The first-order valence-corrected chi connectivity index (χ1v) is 7.59. The molecule has 1 rings (SSSR count). The Morgan fingerprint density at radius 2 is 1.72 bits per heavy atom. The van der Waals surface area contributed by atoms with Gasteiger partial charge >= 0.3 is 0 Å². The molecule has 0 spiro atoms. The number of rotatable bonds is 8. The third kappa shape index (κ3) is 5.88. The number of primary sulfonamides is 1. The molecule has 0 aliphatic heterocycles. The quantitative estimate of drug-likeness (QED) is 0.729. The number of hydrogen-bond donors (Lipinski definition) is 1. The van der Waals surface area contributed by atoms with E-state index in [-0.39, 0.29) is 5.75 Å². The largest absolute Gasteiger partial charge is 0.490 e. The minimum atomic E-state index is -3.37. The minimum absolute atomic E-state index is 0.0104. The Hall–Kier alpha value is -1.27. The van der Waals surface area contributed by atoms with Crippen LogP contribution >= 0.6 is 0 Å². The Morgan fingerprint density at radius 3 is 2.28 bits per heavy atom. The summed E-state index contributed by atoms with van der Waals surface area (Å²) in [5, 5.41) is 4.90. The normalized spacial score (nSPS) is 11.2. The summed E-state index contributed by atoms with van der Waals surface area (Å²) < 4.78 is 32.4. The Morgan fingerprint density at radius 1 is 1.11 bits per heavy atom. The van der Waals surface area contributed by atoms with Gasteiger partial charge in [0.05, 0.1) is 19.0 Å². The van der Waals surface area contributed by atoms with E-state index in [1.807, 2.05) is 31.2 Å². The molecule has 0 aliphatic rings. The summed E-state index contributed by atoms with van der Waals surface area (Å²) >= 11 is 0. The standard InChI is InChI=1S/C12H19NO4S/c1-2-16-11-7-3-4-8-12(11)17-9-5-6-10-18(13,14)15/h3-4,7-8H,2,5-6,9-10H2,1H3,(H2,13,14,15). The number of benzene rings is 1. The molecule has 0 amide bonds. The van der Waals surface area contributed by atoms with Crippen molar-refractivity contribution in [3.05, 3.63) is 24.3 Å². The lowest BCUT2D eigenvalue weighted by Gasteiger charge is -2.11. The number of hydrogen-bond acceptors (Lipinski definition) is 4. The Kier molecular flexibility index (Phi) is 5.94. The van der Waals surface area contributed by atoms with Gasteiger partial charge < -0.3 is 9.47 Å². The summed E-state index contributed by atoms with van der Waals surface area (Å²) in [6, 6.07) is 7.40. The highest BCUT2D eigenvalue weighted by molar-refractivity contribution is 7.89. The van der Waals surface area contributed by atoms with Crippen molar-refractivity contribution in [2.75, 3.05) is 19.0 Å². The van der Waals surface area contributed by atoms with Gasteiger partial charge in [0.1, 0.15) is 0 Å². The second-order valence-electron chi connectivity index (χ2n) is 3.80. The predicted molar refractivity (Wildman–Crippen MR) is 70.3 cm³/mol. The Bertz CT molecular complexity index is 459. The van der Waals surface area contributed by atoms with Crippen LogP contribution in [0.4, 0.5) is 0 Å². The fraction of sp³-hybridized carbons (Fsp3) is 0.500. The zero-order valence-corrected chi connectivity index (χ0v) is 11.3. The van der Waals surface area contributed by atoms with Crippen LogP contribution in [0.5, 0.6) is 11.5 Å². The minimum Gasteiger partial charge on any atom is -0.490 e. The first kappa shape index (κ1) is 14.8. The third-order valence-corrected chi connectivity index (χ3v) is 3.09. The number of sulfonamides is 1. The van der Waals surface area contributed by atoms with E-state index >= 15 is 0 Å². The van der Waals surface area contributed by atoms with E-state index < -0.39 is 10.0 Å². The van der Waals surface area contributed by atoms with Crippen molar-refractivity contribution in [3.8, 4) is 11.5 Å². The van der Waals surface area contributed by atoms with Gasteiger partial charge in [0.2, 0.25) is 10.0 Å². The van der Waals surface area contributed by atoms with Crippen LogP contribution in [0.15, 0.2) is 24.3 Å². The molecule has 1 aromatic carbocycles. The molecule has 102 valence electrons. The number of unbranched alkanes of at least 4 members (excludes halogenated alkanes) is 1. The average molecular weight is 273 g/mol. The first-order chi connectivity index (χ1) is 8.53. The van der Waals surface area contributed by atoms with E-state index in [1.165, 1.54) is 0 Å². The molecule has 6 heteroatoms. The van der Waals surface area contributed by atoms with Crippen molar-refractivity contribution in [2.24, 2.45) is 5.14 Å². The van der Waals surface area contributed by atoms with Crippen molar-refractivity contribution < 1.29 is 17.9 Å². The molecule has 18 heavy (non-hydrogen) atoms. The molecule has 0 atom stereocenters.